The molecule has 96 valence electrons. The number of para-hydroxylation sites is 1. The predicted molar refractivity (Wildman–Crippen MR) is 72.8 cm³/mol. The SMILES string of the molecule is N#Cc1cn(C(=O)c2cccc(F)c2)c2ccccc12. The normalized spacial score (nSPS) is 10.4. The number of carbonyl (C=O) groups is 1. The summed E-state index contributed by atoms with van der Waals surface area (Å²) in [5, 5.41) is 9.82. The van der Waals surface area contributed by atoms with E-state index in [-0.39, 0.29) is 11.5 Å². The zero-order valence-corrected chi connectivity index (χ0v) is 10.4. The quantitative estimate of drug-likeness (QED) is 0.676. The van der Waals surface area contributed by atoms with Crippen LogP contribution in [0.15, 0.2) is 54.7 Å². The molecule has 3 rings (SSSR count). The van der Waals surface area contributed by atoms with Gasteiger partial charge in [-0.15, -0.1) is 0 Å². The van der Waals surface area contributed by atoms with Gasteiger partial charge in [0.1, 0.15) is 11.9 Å². The first-order chi connectivity index (χ1) is 9.70. The highest BCUT2D eigenvalue weighted by atomic mass is 19.1. The van der Waals surface area contributed by atoms with Crippen LogP contribution in [0.4, 0.5) is 4.39 Å². The van der Waals surface area contributed by atoms with Crippen LogP contribution in [0.2, 0.25) is 0 Å². The summed E-state index contributed by atoms with van der Waals surface area (Å²) in [5.74, 6) is -0.824. The Morgan fingerprint density at radius 3 is 2.70 bits per heavy atom. The third kappa shape index (κ3) is 1.86. The number of benzene rings is 2. The Bertz CT molecular complexity index is 858. The maximum Gasteiger partial charge on any atom is 0.262 e. The van der Waals surface area contributed by atoms with Crippen LogP contribution < -0.4 is 0 Å². The molecule has 3 aromatic rings. The Kier molecular flexibility index (Phi) is 2.81. The fourth-order valence-corrected chi connectivity index (χ4v) is 2.20. The van der Waals surface area contributed by atoms with Crippen LogP contribution in [0, 0.1) is 17.1 Å². The summed E-state index contributed by atoms with van der Waals surface area (Å²) in [6.45, 7) is 0. The first-order valence-corrected chi connectivity index (χ1v) is 6.01. The number of nitrogens with zero attached hydrogens (tertiary/aromatic N) is 2. The van der Waals surface area contributed by atoms with Crippen molar-refractivity contribution in [2.45, 2.75) is 0 Å². The number of rotatable bonds is 1. The van der Waals surface area contributed by atoms with Crippen molar-refractivity contribution in [2.75, 3.05) is 0 Å². The number of aromatic nitrogens is 1. The van der Waals surface area contributed by atoms with Gasteiger partial charge in [0.15, 0.2) is 0 Å². The summed E-state index contributed by atoms with van der Waals surface area (Å²) in [6, 6.07) is 14.7. The van der Waals surface area contributed by atoms with Gasteiger partial charge in [0.2, 0.25) is 0 Å². The van der Waals surface area contributed by atoms with Gasteiger partial charge in [0.25, 0.3) is 5.91 Å². The number of hydrogen-bond donors (Lipinski definition) is 0. The highest BCUT2D eigenvalue weighted by Gasteiger charge is 2.15. The molecule has 4 heteroatoms. The predicted octanol–water partition coefficient (Wildman–Crippen LogP) is 3.34. The van der Waals surface area contributed by atoms with Gasteiger partial charge in [-0.2, -0.15) is 5.26 Å². The second-order valence-corrected chi connectivity index (χ2v) is 4.36. The Morgan fingerprint density at radius 2 is 1.95 bits per heavy atom. The molecule has 0 amide bonds. The fraction of sp³-hybridized carbons (Fsp3) is 0. The maximum absolute atomic E-state index is 13.2. The van der Waals surface area contributed by atoms with E-state index in [9.17, 15) is 9.18 Å². The minimum atomic E-state index is -0.465. The van der Waals surface area contributed by atoms with Crippen LogP contribution in [0.5, 0.6) is 0 Å². The molecule has 20 heavy (non-hydrogen) atoms. The van der Waals surface area contributed by atoms with Crippen molar-refractivity contribution in [3.05, 3.63) is 71.7 Å². The number of hydrogen-bond acceptors (Lipinski definition) is 2. The van der Waals surface area contributed by atoms with Crippen LogP contribution in [0.3, 0.4) is 0 Å². The van der Waals surface area contributed by atoms with E-state index >= 15 is 0 Å². The molecule has 0 aliphatic carbocycles. The Balaban J connectivity index is 2.20. The van der Waals surface area contributed by atoms with Crippen molar-refractivity contribution in [3.8, 4) is 6.07 Å². The van der Waals surface area contributed by atoms with Gasteiger partial charge in [0.05, 0.1) is 11.1 Å². The molecule has 0 aliphatic rings. The Morgan fingerprint density at radius 1 is 1.15 bits per heavy atom. The maximum atomic E-state index is 13.2. The third-order valence-corrected chi connectivity index (χ3v) is 3.12. The van der Waals surface area contributed by atoms with E-state index in [1.807, 2.05) is 0 Å². The zero-order chi connectivity index (χ0) is 14.1. The van der Waals surface area contributed by atoms with E-state index in [1.54, 1.807) is 30.3 Å². The number of carbonyl (C=O) groups excluding carboxylic acids is 1. The molecule has 0 saturated heterocycles. The molecule has 1 aromatic heterocycles. The molecular weight excluding hydrogens is 255 g/mol. The lowest BCUT2D eigenvalue weighted by Crippen LogP contribution is -2.10. The zero-order valence-electron chi connectivity index (χ0n) is 10.4. The van der Waals surface area contributed by atoms with Crippen molar-refractivity contribution >= 4 is 16.8 Å². The van der Waals surface area contributed by atoms with Crippen LogP contribution in [-0.4, -0.2) is 10.5 Å². The van der Waals surface area contributed by atoms with E-state index < -0.39 is 5.82 Å². The summed E-state index contributed by atoms with van der Waals surface area (Å²) in [7, 11) is 0. The highest BCUT2D eigenvalue weighted by molar-refractivity contribution is 6.03. The highest BCUT2D eigenvalue weighted by Crippen LogP contribution is 2.21. The summed E-state index contributed by atoms with van der Waals surface area (Å²) < 4.78 is 14.6. The summed E-state index contributed by atoms with van der Waals surface area (Å²) in [4.78, 5) is 12.4. The van der Waals surface area contributed by atoms with Crippen molar-refractivity contribution in [2.24, 2.45) is 0 Å². The first kappa shape index (κ1) is 12.1. The van der Waals surface area contributed by atoms with Crippen LogP contribution in [0.1, 0.15) is 15.9 Å². The molecule has 2 aromatic carbocycles. The third-order valence-electron chi connectivity index (χ3n) is 3.12. The van der Waals surface area contributed by atoms with Gasteiger partial charge in [-0.3, -0.25) is 9.36 Å². The standard InChI is InChI=1S/C16H9FN2O/c17-13-5-3-4-11(8-13)16(20)19-10-12(9-18)14-6-1-2-7-15(14)19/h1-8,10H. The minimum Gasteiger partial charge on any atom is -0.282 e. The summed E-state index contributed by atoms with van der Waals surface area (Å²) in [5.41, 5.74) is 1.30. The molecule has 3 nitrogen and oxygen atoms in total. The lowest BCUT2D eigenvalue weighted by molar-refractivity contribution is 0.0964. The van der Waals surface area contributed by atoms with Crippen molar-refractivity contribution < 1.29 is 9.18 Å². The molecular formula is C16H9FN2O. The topological polar surface area (TPSA) is 45.8 Å². The molecule has 0 fully saturated rings. The molecule has 0 saturated carbocycles. The van der Waals surface area contributed by atoms with Gasteiger partial charge in [-0.1, -0.05) is 24.3 Å². The lowest BCUT2D eigenvalue weighted by Gasteiger charge is -2.04. The average Bonchev–Trinajstić information content (AvgIpc) is 2.85. The molecule has 0 spiro atoms. The summed E-state index contributed by atoms with van der Waals surface area (Å²) >= 11 is 0. The second-order valence-electron chi connectivity index (χ2n) is 4.36. The first-order valence-electron chi connectivity index (χ1n) is 6.01. The van der Waals surface area contributed by atoms with Crippen LogP contribution >= 0.6 is 0 Å². The fourth-order valence-electron chi connectivity index (χ4n) is 2.20. The molecule has 0 unspecified atom stereocenters. The van der Waals surface area contributed by atoms with E-state index in [0.717, 1.165) is 0 Å². The summed E-state index contributed by atoms with van der Waals surface area (Å²) in [6.07, 6.45) is 1.48. The number of nitriles is 1. The van der Waals surface area contributed by atoms with Crippen LogP contribution in [0.25, 0.3) is 10.9 Å². The minimum absolute atomic E-state index is 0.246. The van der Waals surface area contributed by atoms with Crippen molar-refractivity contribution in [1.82, 2.24) is 4.57 Å². The van der Waals surface area contributed by atoms with Gasteiger partial charge in [-0.25, -0.2) is 4.39 Å². The second kappa shape index (κ2) is 4.63. The average molecular weight is 264 g/mol. The number of halogens is 1. The lowest BCUT2D eigenvalue weighted by atomic mass is 10.2. The largest absolute Gasteiger partial charge is 0.282 e. The van der Waals surface area contributed by atoms with E-state index in [2.05, 4.69) is 6.07 Å². The van der Waals surface area contributed by atoms with Gasteiger partial charge < -0.3 is 0 Å². The van der Waals surface area contributed by atoms with Gasteiger partial charge in [0, 0.05) is 17.1 Å². The van der Waals surface area contributed by atoms with E-state index in [4.69, 9.17) is 5.26 Å². The Labute approximate surface area is 114 Å². The van der Waals surface area contributed by atoms with E-state index in [0.29, 0.717) is 16.5 Å². The molecule has 0 aliphatic heterocycles. The Hall–Kier alpha value is -2.93. The van der Waals surface area contributed by atoms with Gasteiger partial charge in [-0.05, 0) is 24.3 Å². The molecule has 0 N–H and O–H groups in total. The molecule has 1 heterocycles. The van der Waals surface area contributed by atoms with E-state index in [1.165, 1.54) is 29.0 Å². The van der Waals surface area contributed by atoms with Crippen molar-refractivity contribution in [3.63, 3.8) is 0 Å². The molecule has 0 atom stereocenters. The van der Waals surface area contributed by atoms with Crippen molar-refractivity contribution in [1.29, 1.82) is 5.26 Å². The smallest absolute Gasteiger partial charge is 0.262 e. The monoisotopic (exact) mass is 264 g/mol. The molecule has 0 radical (unpaired) electrons. The van der Waals surface area contributed by atoms with Gasteiger partial charge >= 0.3 is 0 Å². The van der Waals surface area contributed by atoms with Crippen LogP contribution in [-0.2, 0) is 0 Å². The molecule has 0 bridgehead atoms. The number of fused-ring (bicyclic) bond motifs is 1.